The fourth-order valence-corrected chi connectivity index (χ4v) is 1.33. The lowest BCUT2D eigenvalue weighted by atomic mass is 10.1. The van der Waals surface area contributed by atoms with Crippen molar-refractivity contribution in [3.8, 4) is 0 Å². The summed E-state index contributed by atoms with van der Waals surface area (Å²) in [7, 11) is 0. The smallest absolute Gasteiger partial charge is 0.134 e. The van der Waals surface area contributed by atoms with E-state index in [1.165, 1.54) is 12.7 Å². The maximum atomic E-state index is 9.87. The lowest BCUT2D eigenvalue weighted by molar-refractivity contribution is 0.175. The monoisotopic (exact) mass is 201 g/mol. The predicted octanol–water partition coefficient (Wildman–Crippen LogP) is 1.15. The minimum atomic E-state index is -0.561. The lowest BCUT2D eigenvalue weighted by Crippen LogP contribution is -2.05. The third-order valence-electron chi connectivity index (χ3n) is 2.11. The summed E-state index contributed by atoms with van der Waals surface area (Å²) in [5.41, 5.74) is 0.873. The van der Waals surface area contributed by atoms with Crippen LogP contribution in [0.3, 0.4) is 0 Å². The summed E-state index contributed by atoms with van der Waals surface area (Å²) in [4.78, 5) is 11.6. The zero-order valence-electron chi connectivity index (χ0n) is 8.11. The van der Waals surface area contributed by atoms with E-state index >= 15 is 0 Å². The van der Waals surface area contributed by atoms with Crippen LogP contribution in [0.4, 0.5) is 0 Å². The topological polar surface area (TPSA) is 58.9 Å². The van der Waals surface area contributed by atoms with E-state index in [0.717, 1.165) is 5.56 Å². The van der Waals surface area contributed by atoms with Crippen LogP contribution in [0.2, 0.25) is 0 Å². The molecule has 4 nitrogen and oxygen atoms in total. The Morgan fingerprint density at radius 2 is 1.73 bits per heavy atom. The Balaban J connectivity index is 2.08. The van der Waals surface area contributed by atoms with Gasteiger partial charge in [-0.1, -0.05) is 30.3 Å². The molecule has 0 bridgehead atoms. The molecule has 0 aliphatic heterocycles. The Labute approximate surface area is 87.7 Å². The molecule has 0 spiro atoms. The molecule has 1 atom stereocenters. The second-order valence-electron chi connectivity index (χ2n) is 3.19. The molecule has 1 aromatic carbocycles. The van der Waals surface area contributed by atoms with Gasteiger partial charge < -0.3 is 5.11 Å². The summed E-state index contributed by atoms with van der Waals surface area (Å²) in [6.45, 7) is 0. The summed E-state index contributed by atoms with van der Waals surface area (Å²) in [6, 6.07) is 9.47. The van der Waals surface area contributed by atoms with Crippen LogP contribution in [0.15, 0.2) is 43.0 Å². The second-order valence-corrected chi connectivity index (χ2v) is 3.19. The van der Waals surface area contributed by atoms with Gasteiger partial charge in [-0.25, -0.2) is 15.0 Å². The van der Waals surface area contributed by atoms with Crippen molar-refractivity contribution in [1.29, 1.82) is 0 Å². The van der Waals surface area contributed by atoms with Gasteiger partial charge >= 0.3 is 0 Å². The highest BCUT2D eigenvalue weighted by molar-refractivity contribution is 5.18. The third-order valence-corrected chi connectivity index (χ3v) is 2.11. The van der Waals surface area contributed by atoms with Crippen LogP contribution < -0.4 is 0 Å². The normalized spacial score (nSPS) is 12.3. The van der Waals surface area contributed by atoms with Crippen molar-refractivity contribution in [3.63, 3.8) is 0 Å². The van der Waals surface area contributed by atoms with E-state index in [2.05, 4.69) is 15.0 Å². The van der Waals surface area contributed by atoms with Gasteiger partial charge in [0.05, 0.1) is 6.10 Å². The van der Waals surface area contributed by atoms with Gasteiger partial charge in [0.2, 0.25) is 0 Å². The minimum absolute atomic E-state index is 0.409. The highest BCUT2D eigenvalue weighted by Gasteiger charge is 2.09. The molecular weight excluding hydrogens is 190 g/mol. The quantitative estimate of drug-likeness (QED) is 0.809. The molecule has 0 radical (unpaired) electrons. The minimum Gasteiger partial charge on any atom is -0.388 e. The van der Waals surface area contributed by atoms with Gasteiger partial charge in [-0.3, -0.25) is 0 Å². The van der Waals surface area contributed by atoms with Gasteiger partial charge in [0.1, 0.15) is 18.5 Å². The van der Waals surface area contributed by atoms with Crippen molar-refractivity contribution in [3.05, 3.63) is 54.4 Å². The number of aromatic nitrogens is 3. The summed E-state index contributed by atoms with van der Waals surface area (Å²) < 4.78 is 0. The number of benzene rings is 1. The summed E-state index contributed by atoms with van der Waals surface area (Å²) in [6.07, 6.45) is 2.71. The summed E-state index contributed by atoms with van der Waals surface area (Å²) >= 11 is 0. The van der Waals surface area contributed by atoms with Crippen molar-refractivity contribution >= 4 is 0 Å². The molecule has 0 saturated carbocycles. The first kappa shape index (κ1) is 9.73. The number of hydrogen-bond acceptors (Lipinski definition) is 4. The second kappa shape index (κ2) is 4.61. The fourth-order valence-electron chi connectivity index (χ4n) is 1.33. The van der Waals surface area contributed by atoms with Crippen LogP contribution in [0.25, 0.3) is 0 Å². The molecular formula is C11H11N3O. The molecule has 2 rings (SSSR count). The van der Waals surface area contributed by atoms with Crippen LogP contribution in [0.1, 0.15) is 17.5 Å². The lowest BCUT2D eigenvalue weighted by Gasteiger charge is -2.08. The van der Waals surface area contributed by atoms with Crippen LogP contribution >= 0.6 is 0 Å². The Morgan fingerprint density at radius 1 is 1.07 bits per heavy atom. The Morgan fingerprint density at radius 3 is 2.40 bits per heavy atom. The summed E-state index contributed by atoms with van der Waals surface area (Å²) in [5, 5.41) is 9.87. The predicted molar refractivity (Wildman–Crippen MR) is 54.9 cm³/mol. The molecule has 1 aromatic heterocycles. The SMILES string of the molecule is OC(Cc1ncncn1)c1ccccc1. The van der Waals surface area contributed by atoms with Crippen LogP contribution in [-0.4, -0.2) is 20.1 Å². The Kier molecular flexibility index (Phi) is 2.99. The van der Waals surface area contributed by atoms with E-state index in [4.69, 9.17) is 0 Å². The Bertz CT molecular complexity index is 405. The average Bonchev–Trinajstić information content (AvgIpc) is 2.31. The molecule has 0 aliphatic carbocycles. The molecule has 76 valence electrons. The number of aliphatic hydroxyl groups is 1. The van der Waals surface area contributed by atoms with Crippen LogP contribution in [-0.2, 0) is 6.42 Å². The average molecular weight is 201 g/mol. The van der Waals surface area contributed by atoms with Gasteiger partial charge in [0.25, 0.3) is 0 Å². The van der Waals surface area contributed by atoms with Gasteiger partial charge in [-0.15, -0.1) is 0 Å². The molecule has 0 fully saturated rings. The van der Waals surface area contributed by atoms with E-state index in [0.29, 0.717) is 12.2 Å². The largest absolute Gasteiger partial charge is 0.388 e. The van der Waals surface area contributed by atoms with Crippen LogP contribution in [0, 0.1) is 0 Å². The van der Waals surface area contributed by atoms with E-state index in [-0.39, 0.29) is 0 Å². The standard InChI is InChI=1S/C11H11N3O/c15-10(9-4-2-1-3-5-9)6-11-13-7-12-8-14-11/h1-5,7-8,10,15H,6H2. The van der Waals surface area contributed by atoms with Crippen molar-refractivity contribution in [2.75, 3.05) is 0 Å². The Hall–Kier alpha value is -1.81. The van der Waals surface area contributed by atoms with Crippen LogP contribution in [0.5, 0.6) is 0 Å². The maximum Gasteiger partial charge on any atom is 0.134 e. The number of hydrogen-bond donors (Lipinski definition) is 1. The third kappa shape index (κ3) is 2.57. The number of rotatable bonds is 3. The zero-order valence-corrected chi connectivity index (χ0v) is 8.11. The molecule has 2 aromatic rings. The molecule has 1 N–H and O–H groups in total. The van der Waals surface area contributed by atoms with Gasteiger partial charge in [-0.05, 0) is 5.56 Å². The maximum absolute atomic E-state index is 9.87. The van der Waals surface area contributed by atoms with Crippen molar-refractivity contribution in [1.82, 2.24) is 15.0 Å². The number of aliphatic hydroxyl groups excluding tert-OH is 1. The molecule has 0 amide bonds. The first-order valence-corrected chi connectivity index (χ1v) is 4.70. The van der Waals surface area contributed by atoms with E-state index < -0.39 is 6.10 Å². The molecule has 1 unspecified atom stereocenters. The first-order chi connectivity index (χ1) is 7.36. The van der Waals surface area contributed by atoms with E-state index in [1.807, 2.05) is 30.3 Å². The molecule has 0 saturated heterocycles. The number of nitrogens with zero attached hydrogens (tertiary/aromatic N) is 3. The van der Waals surface area contributed by atoms with E-state index in [1.54, 1.807) is 0 Å². The molecule has 0 aliphatic rings. The van der Waals surface area contributed by atoms with Crippen molar-refractivity contribution in [2.24, 2.45) is 0 Å². The fraction of sp³-hybridized carbons (Fsp3) is 0.182. The zero-order chi connectivity index (χ0) is 10.5. The highest BCUT2D eigenvalue weighted by atomic mass is 16.3. The van der Waals surface area contributed by atoms with Gasteiger partial charge in [0, 0.05) is 6.42 Å². The molecule has 1 heterocycles. The van der Waals surface area contributed by atoms with Gasteiger partial charge in [0.15, 0.2) is 0 Å². The van der Waals surface area contributed by atoms with Crippen molar-refractivity contribution in [2.45, 2.75) is 12.5 Å². The van der Waals surface area contributed by atoms with E-state index in [9.17, 15) is 5.11 Å². The molecule has 15 heavy (non-hydrogen) atoms. The van der Waals surface area contributed by atoms with Crippen molar-refractivity contribution < 1.29 is 5.11 Å². The first-order valence-electron chi connectivity index (χ1n) is 4.70. The molecule has 4 heteroatoms. The van der Waals surface area contributed by atoms with Gasteiger partial charge in [-0.2, -0.15) is 0 Å². The highest BCUT2D eigenvalue weighted by Crippen LogP contribution is 2.15. The summed E-state index contributed by atoms with van der Waals surface area (Å²) in [5.74, 6) is 0.598.